The summed E-state index contributed by atoms with van der Waals surface area (Å²) >= 11 is 3.23. The lowest BCUT2D eigenvalue weighted by atomic mass is 10.2. The number of morpholine rings is 1. The summed E-state index contributed by atoms with van der Waals surface area (Å²) in [5, 5.41) is 2.99. The molecule has 0 saturated carbocycles. The zero-order chi connectivity index (χ0) is 18.6. The number of carbonyl (C=O) groups excluding carboxylic acids is 1. The number of aromatic nitrogens is 1. The quantitative estimate of drug-likeness (QED) is 0.651. The molecule has 5 nitrogen and oxygen atoms in total. The lowest BCUT2D eigenvalue weighted by molar-refractivity contribution is -0.134. The molecule has 0 unspecified atom stereocenters. The van der Waals surface area contributed by atoms with Gasteiger partial charge in [0.15, 0.2) is 0 Å². The summed E-state index contributed by atoms with van der Waals surface area (Å²) in [7, 11) is 1.67. The molecule has 1 saturated heterocycles. The molecule has 1 aromatic carbocycles. The number of hydrogen-bond donors (Lipinski definition) is 0. The number of ether oxygens (including phenoxy) is 2. The van der Waals surface area contributed by atoms with Crippen molar-refractivity contribution in [1.29, 1.82) is 0 Å². The summed E-state index contributed by atoms with van der Waals surface area (Å²) in [5.74, 6) is 0.987. The van der Waals surface area contributed by atoms with Gasteiger partial charge in [-0.15, -0.1) is 22.7 Å². The molecule has 27 heavy (non-hydrogen) atoms. The second-order valence-electron chi connectivity index (χ2n) is 6.17. The number of thiophene rings is 1. The smallest absolute Gasteiger partial charge is 0.227 e. The Bertz CT molecular complexity index is 929. The van der Waals surface area contributed by atoms with Crippen molar-refractivity contribution in [2.24, 2.45) is 0 Å². The molecule has 140 valence electrons. The third kappa shape index (κ3) is 4.05. The lowest BCUT2D eigenvalue weighted by Crippen LogP contribution is -2.41. The number of para-hydroxylation sites is 1. The van der Waals surface area contributed by atoms with Gasteiger partial charge in [0.2, 0.25) is 5.91 Å². The molecule has 0 radical (unpaired) electrons. The minimum Gasteiger partial charge on any atom is -0.496 e. The van der Waals surface area contributed by atoms with Crippen molar-refractivity contribution in [3.8, 4) is 26.9 Å². The van der Waals surface area contributed by atoms with Crippen LogP contribution in [-0.2, 0) is 16.0 Å². The summed E-state index contributed by atoms with van der Waals surface area (Å²) in [4.78, 5) is 21.2. The van der Waals surface area contributed by atoms with Crippen molar-refractivity contribution in [2.45, 2.75) is 6.42 Å². The number of hydrogen-bond acceptors (Lipinski definition) is 6. The molecule has 0 atom stereocenters. The molecule has 1 aliphatic heterocycles. The first-order valence-electron chi connectivity index (χ1n) is 8.78. The van der Waals surface area contributed by atoms with Gasteiger partial charge in [-0.25, -0.2) is 4.98 Å². The summed E-state index contributed by atoms with van der Waals surface area (Å²) in [6.07, 6.45) is 0.439. The Morgan fingerprint density at radius 1 is 1.22 bits per heavy atom. The minimum absolute atomic E-state index is 0.166. The van der Waals surface area contributed by atoms with Crippen molar-refractivity contribution in [3.63, 3.8) is 0 Å². The highest BCUT2D eigenvalue weighted by Crippen LogP contribution is 2.36. The normalized spacial score (nSPS) is 14.3. The molecule has 0 N–H and O–H groups in total. The van der Waals surface area contributed by atoms with E-state index < -0.39 is 0 Å². The van der Waals surface area contributed by atoms with Gasteiger partial charge in [-0.05, 0) is 24.3 Å². The molecule has 2 aromatic heterocycles. The monoisotopic (exact) mass is 400 g/mol. The van der Waals surface area contributed by atoms with Crippen LogP contribution in [0.4, 0.5) is 0 Å². The fraction of sp³-hybridized carbons (Fsp3) is 0.300. The zero-order valence-electron chi connectivity index (χ0n) is 15.0. The molecular weight excluding hydrogens is 380 g/mol. The van der Waals surface area contributed by atoms with Crippen LogP contribution in [0.2, 0.25) is 0 Å². The predicted octanol–water partition coefficient (Wildman–Crippen LogP) is 3.95. The maximum atomic E-state index is 12.4. The number of thiazole rings is 1. The van der Waals surface area contributed by atoms with E-state index in [0.29, 0.717) is 32.7 Å². The SMILES string of the molecule is COc1ccccc1-c1nc(-c2ccc(CC(=O)N3CCOCC3)s2)cs1. The Morgan fingerprint density at radius 2 is 2.04 bits per heavy atom. The molecule has 1 fully saturated rings. The van der Waals surface area contributed by atoms with Crippen molar-refractivity contribution in [2.75, 3.05) is 33.4 Å². The predicted molar refractivity (Wildman–Crippen MR) is 109 cm³/mol. The molecule has 0 bridgehead atoms. The van der Waals surface area contributed by atoms with Crippen LogP contribution >= 0.6 is 22.7 Å². The van der Waals surface area contributed by atoms with Gasteiger partial charge in [0.05, 0.1) is 42.9 Å². The third-order valence-corrected chi connectivity index (χ3v) is 6.43. The Hall–Kier alpha value is -2.22. The second kappa shape index (κ2) is 8.21. The van der Waals surface area contributed by atoms with Crippen molar-refractivity contribution in [1.82, 2.24) is 9.88 Å². The minimum atomic E-state index is 0.166. The van der Waals surface area contributed by atoms with Gasteiger partial charge in [-0.2, -0.15) is 0 Å². The standard InChI is InChI=1S/C20H20N2O3S2/c1-24-17-5-3-2-4-15(17)20-21-16(13-26-20)18-7-6-14(27-18)12-19(23)22-8-10-25-11-9-22/h2-7,13H,8-12H2,1H3. The molecule has 1 aliphatic rings. The van der Waals surface area contributed by atoms with E-state index in [0.717, 1.165) is 31.8 Å². The molecule has 3 aromatic rings. The molecular formula is C20H20N2O3S2. The Morgan fingerprint density at radius 3 is 2.85 bits per heavy atom. The molecule has 4 rings (SSSR count). The number of nitrogens with zero attached hydrogens (tertiary/aromatic N) is 2. The first kappa shape index (κ1) is 18.2. The summed E-state index contributed by atoms with van der Waals surface area (Å²) in [6, 6.07) is 12.0. The molecule has 0 spiro atoms. The topological polar surface area (TPSA) is 51.7 Å². The van der Waals surface area contributed by atoms with Crippen LogP contribution in [-0.4, -0.2) is 49.2 Å². The Kier molecular flexibility index (Phi) is 5.52. The number of benzene rings is 1. The van der Waals surface area contributed by atoms with E-state index in [1.807, 2.05) is 41.3 Å². The highest BCUT2D eigenvalue weighted by molar-refractivity contribution is 7.16. The average molecular weight is 401 g/mol. The van der Waals surface area contributed by atoms with Gasteiger partial charge in [0, 0.05) is 23.3 Å². The van der Waals surface area contributed by atoms with E-state index in [2.05, 4.69) is 5.38 Å². The van der Waals surface area contributed by atoms with E-state index in [1.165, 1.54) is 0 Å². The first-order chi connectivity index (χ1) is 13.2. The van der Waals surface area contributed by atoms with Gasteiger partial charge in [-0.1, -0.05) is 12.1 Å². The first-order valence-corrected chi connectivity index (χ1v) is 10.5. The van der Waals surface area contributed by atoms with Gasteiger partial charge >= 0.3 is 0 Å². The molecule has 0 aliphatic carbocycles. The average Bonchev–Trinajstić information content (AvgIpc) is 3.38. The van der Waals surface area contributed by atoms with Crippen LogP contribution in [0.3, 0.4) is 0 Å². The summed E-state index contributed by atoms with van der Waals surface area (Å²) in [6.45, 7) is 2.63. The van der Waals surface area contributed by atoms with Crippen molar-refractivity contribution >= 4 is 28.6 Å². The maximum absolute atomic E-state index is 12.4. The van der Waals surface area contributed by atoms with E-state index in [9.17, 15) is 4.79 Å². The Labute approximate surface area is 166 Å². The van der Waals surface area contributed by atoms with Crippen LogP contribution in [0.5, 0.6) is 5.75 Å². The third-order valence-electron chi connectivity index (χ3n) is 4.44. The van der Waals surface area contributed by atoms with Crippen molar-refractivity contribution in [3.05, 3.63) is 46.7 Å². The fourth-order valence-electron chi connectivity index (χ4n) is 3.02. The van der Waals surface area contributed by atoms with E-state index >= 15 is 0 Å². The summed E-state index contributed by atoms with van der Waals surface area (Å²) < 4.78 is 10.7. The van der Waals surface area contributed by atoms with Crippen molar-refractivity contribution < 1.29 is 14.3 Å². The fourth-order valence-corrected chi connectivity index (χ4v) is 4.90. The van der Waals surface area contributed by atoms with Crippen LogP contribution in [0.1, 0.15) is 4.88 Å². The van der Waals surface area contributed by atoms with Crippen LogP contribution in [0, 0.1) is 0 Å². The number of rotatable bonds is 5. The van der Waals surface area contributed by atoms with Crippen LogP contribution < -0.4 is 4.74 Å². The van der Waals surface area contributed by atoms with Crippen LogP contribution in [0.15, 0.2) is 41.8 Å². The molecule has 1 amide bonds. The highest BCUT2D eigenvalue weighted by atomic mass is 32.1. The maximum Gasteiger partial charge on any atom is 0.227 e. The molecule has 3 heterocycles. The van der Waals surface area contributed by atoms with Crippen LogP contribution in [0.25, 0.3) is 21.1 Å². The van der Waals surface area contributed by atoms with Gasteiger partial charge in [-0.3, -0.25) is 4.79 Å². The number of amides is 1. The number of methoxy groups -OCH3 is 1. The second-order valence-corrected chi connectivity index (χ2v) is 8.20. The Balaban J connectivity index is 1.49. The largest absolute Gasteiger partial charge is 0.496 e. The van der Waals surface area contributed by atoms with E-state index in [-0.39, 0.29) is 5.91 Å². The highest BCUT2D eigenvalue weighted by Gasteiger charge is 2.18. The van der Waals surface area contributed by atoms with Gasteiger partial charge < -0.3 is 14.4 Å². The molecule has 7 heteroatoms. The van der Waals surface area contributed by atoms with Gasteiger partial charge in [0.1, 0.15) is 10.8 Å². The van der Waals surface area contributed by atoms with Gasteiger partial charge in [0.25, 0.3) is 0 Å². The van der Waals surface area contributed by atoms with E-state index in [1.54, 1.807) is 29.8 Å². The summed E-state index contributed by atoms with van der Waals surface area (Å²) in [5.41, 5.74) is 1.94. The lowest BCUT2D eigenvalue weighted by Gasteiger charge is -2.26. The number of carbonyl (C=O) groups is 1. The van der Waals surface area contributed by atoms with E-state index in [4.69, 9.17) is 14.5 Å². The zero-order valence-corrected chi connectivity index (χ0v) is 16.6.